The fourth-order valence-electron chi connectivity index (χ4n) is 4.83. The summed E-state index contributed by atoms with van der Waals surface area (Å²) in [6.45, 7) is 7.15. The zero-order chi connectivity index (χ0) is 28.4. The van der Waals surface area contributed by atoms with Gasteiger partial charge in [-0.05, 0) is 55.4 Å². The molecule has 9 heteroatoms. The van der Waals surface area contributed by atoms with Crippen LogP contribution in [0.5, 0.6) is 0 Å². The predicted molar refractivity (Wildman–Crippen MR) is 155 cm³/mol. The van der Waals surface area contributed by atoms with Crippen molar-refractivity contribution in [2.45, 2.75) is 71.4 Å². The molecule has 8 nitrogen and oxygen atoms in total. The van der Waals surface area contributed by atoms with Gasteiger partial charge in [-0.1, -0.05) is 70.0 Å². The van der Waals surface area contributed by atoms with Gasteiger partial charge in [0, 0.05) is 24.6 Å². The summed E-state index contributed by atoms with van der Waals surface area (Å²) in [5.74, 6) is -0.205. The molecule has 0 aliphatic carbocycles. The van der Waals surface area contributed by atoms with Crippen LogP contribution >= 0.6 is 0 Å². The van der Waals surface area contributed by atoms with Crippen molar-refractivity contribution in [1.29, 1.82) is 0 Å². The van der Waals surface area contributed by atoms with E-state index in [1.54, 1.807) is 31.2 Å². The fourth-order valence-corrected chi connectivity index (χ4v) is 6.39. The number of benzene rings is 2. The third-order valence-electron chi connectivity index (χ3n) is 7.13. The van der Waals surface area contributed by atoms with Crippen molar-refractivity contribution < 1.29 is 23.1 Å². The molecule has 1 saturated heterocycles. The minimum Gasteiger partial charge on any atom is -0.391 e. The summed E-state index contributed by atoms with van der Waals surface area (Å²) < 4.78 is 26.0. The molecule has 0 saturated carbocycles. The van der Waals surface area contributed by atoms with Gasteiger partial charge in [0.1, 0.15) is 0 Å². The van der Waals surface area contributed by atoms with Gasteiger partial charge in [0.2, 0.25) is 15.9 Å². The number of sulfonamides is 1. The van der Waals surface area contributed by atoms with Crippen LogP contribution in [0.1, 0.15) is 68.8 Å². The molecule has 2 aromatic carbocycles. The van der Waals surface area contributed by atoms with Crippen LogP contribution in [0.15, 0.2) is 54.6 Å². The van der Waals surface area contributed by atoms with Crippen LogP contribution in [0, 0.1) is 11.8 Å². The second-order valence-electron chi connectivity index (χ2n) is 10.9. The van der Waals surface area contributed by atoms with Crippen molar-refractivity contribution in [3.63, 3.8) is 0 Å². The topological polar surface area (TPSA) is 116 Å². The van der Waals surface area contributed by atoms with Crippen LogP contribution in [0.2, 0.25) is 0 Å². The van der Waals surface area contributed by atoms with Crippen molar-refractivity contribution in [3.8, 4) is 0 Å². The number of aliphatic hydroxyl groups is 1. The first kappa shape index (κ1) is 30.6. The van der Waals surface area contributed by atoms with Gasteiger partial charge >= 0.3 is 0 Å². The lowest BCUT2D eigenvalue weighted by Crippen LogP contribution is -2.46. The normalized spacial score (nSPS) is 17.0. The minimum absolute atomic E-state index is 0.0957. The highest BCUT2D eigenvalue weighted by Gasteiger charge is 2.30. The first-order chi connectivity index (χ1) is 18.6. The number of unbranched alkanes of at least 4 members (excludes halogenated alkanes) is 1. The zero-order valence-electron chi connectivity index (χ0n) is 23.3. The molecule has 3 rings (SSSR count). The smallest absolute Gasteiger partial charge is 0.251 e. The Morgan fingerprint density at radius 1 is 1.03 bits per heavy atom. The predicted octanol–water partition coefficient (Wildman–Crippen LogP) is 3.90. The zero-order valence-corrected chi connectivity index (χ0v) is 24.1. The average molecular weight is 558 g/mol. The van der Waals surface area contributed by atoms with Crippen molar-refractivity contribution >= 4 is 27.5 Å². The molecular weight excluding hydrogens is 514 g/mol. The maximum absolute atomic E-state index is 13.3. The molecule has 1 heterocycles. The lowest BCUT2D eigenvalue weighted by atomic mass is 9.93. The number of carbonyl (C=O) groups excluding carboxylic acids is 2. The standard InChI is InChI=1S/C30H43N3O5S/c1-22(2)11-7-8-16-31-29(35)23(3)19-28(34)27(20-24-12-5-4-6-13-24)32-30(36)25-14-9-15-26(21-25)33-17-10-18-39(33,37)38/h4-6,9,12-15,21-23,27-28,34H,7-8,10-11,16-20H2,1-3H3,(H,31,35)(H,32,36)/t23-,27+,28+/m1/s1. The van der Waals surface area contributed by atoms with Gasteiger partial charge in [-0.2, -0.15) is 0 Å². The molecule has 39 heavy (non-hydrogen) atoms. The molecule has 0 radical (unpaired) electrons. The second-order valence-corrected chi connectivity index (χ2v) is 13.0. The van der Waals surface area contributed by atoms with Crippen LogP contribution in [-0.2, 0) is 21.2 Å². The van der Waals surface area contributed by atoms with E-state index in [9.17, 15) is 23.1 Å². The Morgan fingerprint density at radius 2 is 1.77 bits per heavy atom. The highest BCUT2D eigenvalue weighted by molar-refractivity contribution is 7.93. The van der Waals surface area contributed by atoms with Gasteiger partial charge in [0.05, 0.1) is 23.6 Å². The van der Waals surface area contributed by atoms with E-state index < -0.39 is 34.0 Å². The molecule has 0 spiro atoms. The number of nitrogens with one attached hydrogen (secondary N) is 2. The summed E-state index contributed by atoms with van der Waals surface area (Å²) in [5, 5.41) is 17.1. The van der Waals surface area contributed by atoms with Gasteiger partial charge in [-0.3, -0.25) is 13.9 Å². The minimum atomic E-state index is -3.37. The average Bonchev–Trinajstić information content (AvgIpc) is 3.27. The molecule has 3 N–H and O–H groups in total. The van der Waals surface area contributed by atoms with Crippen molar-refractivity contribution in [2.75, 3.05) is 23.1 Å². The molecular formula is C30H43N3O5S. The summed E-state index contributed by atoms with van der Waals surface area (Å²) in [4.78, 5) is 25.9. The summed E-state index contributed by atoms with van der Waals surface area (Å²) in [6.07, 6.45) is 3.28. The van der Waals surface area contributed by atoms with Gasteiger partial charge < -0.3 is 15.7 Å². The van der Waals surface area contributed by atoms with Crippen molar-refractivity contribution in [3.05, 3.63) is 65.7 Å². The lowest BCUT2D eigenvalue weighted by Gasteiger charge is -2.26. The Morgan fingerprint density at radius 3 is 2.44 bits per heavy atom. The van der Waals surface area contributed by atoms with Crippen molar-refractivity contribution in [1.82, 2.24) is 10.6 Å². The number of anilines is 1. The summed E-state index contributed by atoms with van der Waals surface area (Å²) in [5.41, 5.74) is 1.71. The first-order valence-electron chi connectivity index (χ1n) is 14.0. The number of amides is 2. The van der Waals surface area contributed by atoms with Crippen LogP contribution in [0.4, 0.5) is 5.69 Å². The number of carbonyl (C=O) groups is 2. The van der Waals surface area contributed by atoms with Crippen molar-refractivity contribution in [2.24, 2.45) is 11.8 Å². The van der Waals surface area contributed by atoms with E-state index in [0.717, 1.165) is 24.8 Å². The molecule has 1 aliphatic rings. The molecule has 3 atom stereocenters. The van der Waals surface area contributed by atoms with Gasteiger partial charge in [-0.25, -0.2) is 8.42 Å². The Kier molecular flexibility index (Phi) is 11.4. The summed E-state index contributed by atoms with van der Waals surface area (Å²) >= 11 is 0. The van der Waals surface area contributed by atoms with Crippen LogP contribution in [0.3, 0.4) is 0 Å². The molecule has 0 bridgehead atoms. The van der Waals surface area contributed by atoms with E-state index in [1.807, 2.05) is 30.3 Å². The summed E-state index contributed by atoms with van der Waals surface area (Å²) in [7, 11) is -3.37. The number of rotatable bonds is 14. The summed E-state index contributed by atoms with van der Waals surface area (Å²) in [6, 6.07) is 15.5. The van der Waals surface area contributed by atoms with Crippen LogP contribution < -0.4 is 14.9 Å². The molecule has 214 valence electrons. The Bertz CT molecular complexity index is 1190. The van der Waals surface area contributed by atoms with Gasteiger partial charge in [0.25, 0.3) is 5.91 Å². The Labute approximate surface area is 233 Å². The number of aliphatic hydroxyl groups excluding tert-OH is 1. The molecule has 2 aromatic rings. The van der Waals surface area contributed by atoms with Gasteiger partial charge in [0.15, 0.2) is 0 Å². The monoisotopic (exact) mass is 557 g/mol. The van der Waals surface area contributed by atoms with E-state index >= 15 is 0 Å². The molecule has 1 aliphatic heterocycles. The molecule has 1 fully saturated rings. The molecule has 2 amide bonds. The molecule has 0 unspecified atom stereocenters. The maximum atomic E-state index is 13.3. The second kappa shape index (κ2) is 14.5. The SMILES string of the molecule is CC(C)CCCCNC(=O)[C@H](C)C[C@H](O)[C@H](Cc1ccccc1)NC(=O)c1cccc(N2CCCS2(=O)=O)c1. The fraction of sp³-hybridized carbons (Fsp3) is 0.533. The van der Waals surface area contributed by atoms with Crippen LogP contribution in [-0.4, -0.2) is 56.3 Å². The van der Waals surface area contributed by atoms with E-state index in [1.165, 1.54) is 4.31 Å². The van der Waals surface area contributed by atoms with E-state index in [-0.39, 0.29) is 18.1 Å². The number of nitrogens with zero attached hydrogens (tertiary/aromatic N) is 1. The van der Waals surface area contributed by atoms with Gasteiger partial charge in [-0.15, -0.1) is 0 Å². The number of hydrogen-bond donors (Lipinski definition) is 3. The first-order valence-corrected chi connectivity index (χ1v) is 15.6. The lowest BCUT2D eigenvalue weighted by molar-refractivity contribution is -0.125. The third-order valence-corrected chi connectivity index (χ3v) is 8.99. The van der Waals surface area contributed by atoms with E-state index in [2.05, 4.69) is 24.5 Å². The highest BCUT2D eigenvalue weighted by atomic mass is 32.2. The van der Waals surface area contributed by atoms with E-state index in [0.29, 0.717) is 43.1 Å². The highest BCUT2D eigenvalue weighted by Crippen LogP contribution is 2.25. The molecule has 0 aromatic heterocycles. The Balaban J connectivity index is 1.66. The largest absolute Gasteiger partial charge is 0.391 e. The maximum Gasteiger partial charge on any atom is 0.251 e. The Hall–Kier alpha value is -2.91. The quantitative estimate of drug-likeness (QED) is 0.305. The van der Waals surface area contributed by atoms with E-state index in [4.69, 9.17) is 0 Å². The number of hydrogen-bond acceptors (Lipinski definition) is 5. The third kappa shape index (κ3) is 9.35. The van der Waals surface area contributed by atoms with Crippen LogP contribution in [0.25, 0.3) is 0 Å².